The van der Waals surface area contributed by atoms with Crippen LogP contribution >= 0.6 is 34.3 Å². The maximum Gasteiger partial charge on any atom is 0.415 e. The lowest BCUT2D eigenvalue weighted by Gasteiger charge is -2.27. The van der Waals surface area contributed by atoms with Crippen molar-refractivity contribution in [1.82, 2.24) is 15.3 Å². The molecule has 0 bridgehead atoms. The van der Waals surface area contributed by atoms with Crippen LogP contribution in [0.15, 0.2) is 17.6 Å². The van der Waals surface area contributed by atoms with E-state index in [9.17, 15) is 9.59 Å². The zero-order valence-corrected chi connectivity index (χ0v) is 24.3. The summed E-state index contributed by atoms with van der Waals surface area (Å²) in [6.07, 6.45) is 1.23. The van der Waals surface area contributed by atoms with Crippen LogP contribution in [0.2, 0.25) is 5.02 Å². The van der Waals surface area contributed by atoms with E-state index in [-0.39, 0.29) is 12.6 Å². The Kier molecular flexibility index (Phi) is 8.52. The number of anilines is 1. The highest BCUT2D eigenvalue weighted by Crippen LogP contribution is 2.41. The number of rotatable bonds is 6. The molecule has 0 unspecified atom stereocenters. The first-order valence-corrected chi connectivity index (χ1v) is 13.7. The van der Waals surface area contributed by atoms with Crippen LogP contribution in [-0.2, 0) is 22.4 Å². The highest BCUT2D eigenvalue weighted by Gasteiger charge is 2.28. The number of ether oxygens (including phenoxy) is 2. The lowest BCUT2D eigenvalue weighted by molar-refractivity contribution is 0.0507. The maximum atomic E-state index is 13.3. The van der Waals surface area contributed by atoms with Gasteiger partial charge in [0.05, 0.1) is 22.0 Å². The molecule has 3 rings (SSSR count). The van der Waals surface area contributed by atoms with E-state index in [0.29, 0.717) is 22.6 Å². The van der Waals surface area contributed by atoms with Gasteiger partial charge in [-0.3, -0.25) is 9.88 Å². The number of aryl methyl sites for hydroxylation is 1. The van der Waals surface area contributed by atoms with Crippen LogP contribution in [0, 0.1) is 6.92 Å². The van der Waals surface area contributed by atoms with Crippen molar-refractivity contribution in [3.05, 3.63) is 38.2 Å². The van der Waals surface area contributed by atoms with Crippen LogP contribution in [-0.4, -0.2) is 39.4 Å². The summed E-state index contributed by atoms with van der Waals surface area (Å²) >= 11 is 9.70. The number of hydrogen-bond donors (Lipinski definition) is 1. The summed E-state index contributed by atoms with van der Waals surface area (Å²) in [5.41, 5.74) is 0.742. The second-order valence-electron chi connectivity index (χ2n) is 10.5. The minimum absolute atomic E-state index is 0.229. The summed E-state index contributed by atoms with van der Waals surface area (Å²) < 4.78 is 11.9. The molecule has 36 heavy (non-hydrogen) atoms. The first kappa shape index (κ1) is 28.1. The molecule has 8 nitrogen and oxygen atoms in total. The number of alkyl carbamates (subject to hydrolysis) is 1. The van der Waals surface area contributed by atoms with Crippen LogP contribution < -0.4 is 10.2 Å². The quantitative estimate of drug-likeness (QED) is 0.350. The number of hydrogen-bond acceptors (Lipinski definition) is 8. The van der Waals surface area contributed by atoms with Crippen molar-refractivity contribution in [2.45, 2.75) is 85.6 Å². The molecule has 0 saturated carbocycles. The first-order valence-electron chi connectivity index (χ1n) is 11.6. The van der Waals surface area contributed by atoms with E-state index in [1.807, 2.05) is 66.8 Å². The molecule has 0 fully saturated rings. The Morgan fingerprint density at radius 2 is 1.83 bits per heavy atom. The standard InChI is InChI=1S/C25H33ClN4O4S2/c1-14-11-16(30(13-18-27-9-10-35-18)23(32)34-25(6,7)8)21-20(28-14)19(26)17(36-21)12-15(2)29-22(31)33-24(3,4)5/h9-11,15H,12-13H2,1-8H3,(H,29,31)/t15-/m0/s1. The van der Waals surface area contributed by atoms with Gasteiger partial charge in [0.1, 0.15) is 21.7 Å². The predicted molar refractivity (Wildman–Crippen MR) is 146 cm³/mol. The van der Waals surface area contributed by atoms with Crippen molar-refractivity contribution in [3.63, 3.8) is 0 Å². The molecule has 0 aliphatic heterocycles. The lowest BCUT2D eigenvalue weighted by Crippen LogP contribution is -2.38. The van der Waals surface area contributed by atoms with E-state index in [0.717, 1.165) is 20.3 Å². The van der Waals surface area contributed by atoms with Gasteiger partial charge in [-0.15, -0.1) is 22.7 Å². The SMILES string of the molecule is Cc1cc(N(Cc2nccs2)C(=O)OC(C)(C)C)c2sc(C[C@H](C)NC(=O)OC(C)(C)C)c(Cl)c2n1. The Morgan fingerprint density at radius 3 is 2.42 bits per heavy atom. The fourth-order valence-electron chi connectivity index (χ4n) is 3.39. The third-order valence-electron chi connectivity index (χ3n) is 4.70. The van der Waals surface area contributed by atoms with Crippen LogP contribution in [0.3, 0.4) is 0 Å². The number of nitrogens with one attached hydrogen (secondary N) is 1. The smallest absolute Gasteiger partial charge is 0.415 e. The van der Waals surface area contributed by atoms with Gasteiger partial charge in [0.15, 0.2) is 0 Å². The monoisotopic (exact) mass is 552 g/mol. The number of pyridine rings is 1. The van der Waals surface area contributed by atoms with Gasteiger partial charge >= 0.3 is 12.2 Å². The predicted octanol–water partition coefficient (Wildman–Crippen LogP) is 7.11. The Morgan fingerprint density at radius 1 is 1.17 bits per heavy atom. The Hall–Kier alpha value is -2.43. The maximum absolute atomic E-state index is 13.3. The number of thiophene rings is 1. The number of amides is 2. The topological polar surface area (TPSA) is 93.7 Å². The van der Waals surface area contributed by atoms with Gasteiger partial charge in [-0.2, -0.15) is 0 Å². The molecule has 2 amide bonds. The van der Waals surface area contributed by atoms with Crippen molar-refractivity contribution in [3.8, 4) is 0 Å². The Bertz CT molecular complexity index is 1230. The zero-order valence-electron chi connectivity index (χ0n) is 21.9. The molecular formula is C25H33ClN4O4S2. The molecule has 3 aromatic rings. The number of nitrogens with zero attached hydrogens (tertiary/aromatic N) is 3. The summed E-state index contributed by atoms with van der Waals surface area (Å²) in [7, 11) is 0. The van der Waals surface area contributed by atoms with Crippen LogP contribution in [0.1, 0.15) is 64.0 Å². The summed E-state index contributed by atoms with van der Waals surface area (Å²) in [4.78, 5) is 37.0. The molecule has 0 saturated heterocycles. The molecular weight excluding hydrogens is 520 g/mol. The average Bonchev–Trinajstić information content (AvgIpc) is 3.32. The number of thiazole rings is 1. The largest absolute Gasteiger partial charge is 0.444 e. The third-order valence-corrected chi connectivity index (χ3v) is 7.20. The molecule has 196 valence electrons. The number of fused-ring (bicyclic) bond motifs is 1. The number of halogens is 1. The van der Waals surface area contributed by atoms with E-state index in [1.54, 1.807) is 11.1 Å². The first-order chi connectivity index (χ1) is 16.6. The van der Waals surface area contributed by atoms with Crippen molar-refractivity contribution >= 4 is 62.4 Å². The van der Waals surface area contributed by atoms with E-state index >= 15 is 0 Å². The molecule has 3 aromatic heterocycles. The molecule has 0 aliphatic carbocycles. The minimum Gasteiger partial charge on any atom is -0.444 e. The van der Waals surface area contributed by atoms with E-state index in [1.165, 1.54) is 22.7 Å². The van der Waals surface area contributed by atoms with Gasteiger partial charge in [0.25, 0.3) is 0 Å². The molecule has 11 heteroatoms. The van der Waals surface area contributed by atoms with Crippen LogP contribution in [0.4, 0.5) is 15.3 Å². The van der Waals surface area contributed by atoms with E-state index < -0.39 is 23.4 Å². The fourth-order valence-corrected chi connectivity index (χ4v) is 5.67. The van der Waals surface area contributed by atoms with Gasteiger partial charge in [-0.25, -0.2) is 14.6 Å². The van der Waals surface area contributed by atoms with E-state index in [2.05, 4.69) is 15.3 Å². The molecule has 1 atom stereocenters. The van der Waals surface area contributed by atoms with Gasteiger partial charge in [-0.1, -0.05) is 11.6 Å². The van der Waals surface area contributed by atoms with E-state index in [4.69, 9.17) is 21.1 Å². The van der Waals surface area contributed by atoms with Gasteiger partial charge < -0.3 is 14.8 Å². The fraction of sp³-hybridized carbons (Fsp3) is 0.520. The minimum atomic E-state index is -0.666. The third kappa shape index (κ3) is 7.54. The average molecular weight is 553 g/mol. The number of carbonyl (C=O) groups excluding carboxylic acids is 2. The van der Waals surface area contributed by atoms with Gasteiger partial charge in [0, 0.05) is 34.6 Å². The lowest BCUT2D eigenvalue weighted by atomic mass is 10.2. The van der Waals surface area contributed by atoms with Gasteiger partial charge in [0.2, 0.25) is 0 Å². The molecule has 3 heterocycles. The summed E-state index contributed by atoms with van der Waals surface area (Å²) in [6.45, 7) is 15.0. The summed E-state index contributed by atoms with van der Waals surface area (Å²) in [5, 5.41) is 6.01. The molecule has 0 spiro atoms. The van der Waals surface area contributed by atoms with Crippen molar-refractivity contribution in [2.24, 2.45) is 0 Å². The highest BCUT2D eigenvalue weighted by molar-refractivity contribution is 7.20. The molecule has 1 N–H and O–H groups in total. The van der Waals surface area contributed by atoms with Crippen LogP contribution in [0.5, 0.6) is 0 Å². The second-order valence-corrected chi connectivity index (χ2v) is 13.0. The van der Waals surface area contributed by atoms with Crippen LogP contribution in [0.25, 0.3) is 10.2 Å². The molecule has 0 radical (unpaired) electrons. The highest BCUT2D eigenvalue weighted by atomic mass is 35.5. The second kappa shape index (κ2) is 10.9. The summed E-state index contributed by atoms with van der Waals surface area (Å²) in [5.74, 6) is 0. The Balaban J connectivity index is 1.98. The number of carbonyl (C=O) groups is 2. The van der Waals surface area contributed by atoms with Crippen molar-refractivity contribution < 1.29 is 19.1 Å². The van der Waals surface area contributed by atoms with Crippen molar-refractivity contribution in [2.75, 3.05) is 4.90 Å². The zero-order chi connectivity index (χ0) is 26.8. The van der Waals surface area contributed by atoms with Crippen molar-refractivity contribution in [1.29, 1.82) is 0 Å². The molecule has 0 aliphatic rings. The van der Waals surface area contributed by atoms with Gasteiger partial charge in [-0.05, 0) is 61.5 Å². The summed E-state index contributed by atoms with van der Waals surface area (Å²) in [6, 6.07) is 1.63. The normalized spacial score (nSPS) is 12.9. The number of aromatic nitrogens is 2. The molecule has 0 aromatic carbocycles. The Labute approximate surface area is 225 Å².